The molecule has 5 heteroatoms. The average molecular weight is 303 g/mol. The number of hydrogen-bond donors (Lipinski definition) is 2. The Morgan fingerprint density at radius 3 is 2.19 bits per heavy atom. The van der Waals surface area contributed by atoms with Gasteiger partial charge in [0.15, 0.2) is 0 Å². The molecule has 0 saturated heterocycles. The van der Waals surface area contributed by atoms with Crippen molar-refractivity contribution < 1.29 is 9.90 Å². The third-order valence-corrected chi connectivity index (χ3v) is 2.87. The van der Waals surface area contributed by atoms with Gasteiger partial charge >= 0.3 is 0 Å². The highest BCUT2D eigenvalue weighted by Crippen LogP contribution is 2.09. The first-order valence-electron chi connectivity index (χ1n) is 6.21. The van der Waals surface area contributed by atoms with Crippen molar-refractivity contribution in [3.63, 3.8) is 0 Å². The Balaban J connectivity index is 0.000000211. The Bertz CT molecular complexity index is 606. The molecule has 0 radical (unpaired) electrons. The van der Waals surface area contributed by atoms with E-state index in [1.165, 1.54) is 12.1 Å². The van der Waals surface area contributed by atoms with Gasteiger partial charge in [0, 0.05) is 12.1 Å². The molecule has 0 heterocycles. The van der Waals surface area contributed by atoms with Crippen molar-refractivity contribution in [2.45, 2.75) is 6.10 Å². The van der Waals surface area contributed by atoms with Crippen LogP contribution in [0, 0.1) is 11.3 Å². The van der Waals surface area contributed by atoms with E-state index in [1.807, 2.05) is 36.4 Å². The molecule has 0 aliphatic heterocycles. The standard InChI is InChI=1S/C8H4ClNO.C8H11NO/c9-8(11)7-3-1-6(5-10)2-4-7;9-6-8(10)7-4-2-1-3-5-7/h1-4H;1-5,8,10H,6,9H2. The fourth-order valence-corrected chi connectivity index (χ4v) is 1.61. The number of carbonyl (C=O) groups is 1. The average Bonchev–Trinajstić information content (AvgIpc) is 2.55. The lowest BCUT2D eigenvalue weighted by Crippen LogP contribution is -2.10. The van der Waals surface area contributed by atoms with Gasteiger partial charge < -0.3 is 10.8 Å². The monoisotopic (exact) mass is 302 g/mol. The molecule has 0 spiro atoms. The highest BCUT2D eigenvalue weighted by Gasteiger charge is 2.01. The molecule has 0 aliphatic carbocycles. The van der Waals surface area contributed by atoms with Gasteiger partial charge in [0.2, 0.25) is 0 Å². The maximum absolute atomic E-state index is 10.5. The Morgan fingerprint density at radius 2 is 1.76 bits per heavy atom. The van der Waals surface area contributed by atoms with Crippen LogP contribution in [0.1, 0.15) is 27.6 Å². The van der Waals surface area contributed by atoms with Gasteiger partial charge in [0.05, 0.1) is 17.7 Å². The third-order valence-electron chi connectivity index (χ3n) is 2.65. The number of rotatable bonds is 3. The van der Waals surface area contributed by atoms with E-state index >= 15 is 0 Å². The molecule has 4 nitrogen and oxygen atoms in total. The summed E-state index contributed by atoms with van der Waals surface area (Å²) >= 11 is 5.18. The molecular weight excluding hydrogens is 288 g/mol. The first-order chi connectivity index (χ1) is 10.1. The molecule has 2 aromatic carbocycles. The summed E-state index contributed by atoms with van der Waals surface area (Å²) < 4.78 is 0. The van der Waals surface area contributed by atoms with Crippen molar-refractivity contribution in [3.05, 3.63) is 71.3 Å². The molecule has 0 aromatic heterocycles. The van der Waals surface area contributed by atoms with Gasteiger partial charge in [-0.1, -0.05) is 30.3 Å². The molecule has 0 bridgehead atoms. The second-order valence-corrected chi connectivity index (χ2v) is 4.47. The Hall–Kier alpha value is -2.19. The summed E-state index contributed by atoms with van der Waals surface area (Å²) in [5.74, 6) is 0. The first-order valence-corrected chi connectivity index (χ1v) is 6.59. The summed E-state index contributed by atoms with van der Waals surface area (Å²) in [7, 11) is 0. The van der Waals surface area contributed by atoms with Crippen LogP contribution in [-0.2, 0) is 0 Å². The summed E-state index contributed by atoms with van der Waals surface area (Å²) in [5.41, 5.74) is 7.06. The van der Waals surface area contributed by atoms with Crippen LogP contribution in [-0.4, -0.2) is 16.9 Å². The van der Waals surface area contributed by atoms with Crippen molar-refractivity contribution in [1.82, 2.24) is 0 Å². The minimum Gasteiger partial charge on any atom is -0.387 e. The number of nitrogens with zero attached hydrogens (tertiary/aromatic N) is 1. The van der Waals surface area contributed by atoms with E-state index in [9.17, 15) is 9.90 Å². The lowest BCUT2D eigenvalue weighted by atomic mass is 10.1. The van der Waals surface area contributed by atoms with Crippen LogP contribution in [0.4, 0.5) is 0 Å². The molecule has 108 valence electrons. The van der Waals surface area contributed by atoms with Gasteiger partial charge in [-0.25, -0.2) is 0 Å². The number of nitriles is 1. The number of halogens is 1. The van der Waals surface area contributed by atoms with E-state index < -0.39 is 11.3 Å². The molecule has 2 rings (SSSR count). The van der Waals surface area contributed by atoms with E-state index in [0.717, 1.165) is 5.56 Å². The van der Waals surface area contributed by atoms with E-state index in [2.05, 4.69) is 0 Å². The number of hydrogen-bond acceptors (Lipinski definition) is 4. The molecule has 21 heavy (non-hydrogen) atoms. The smallest absolute Gasteiger partial charge is 0.252 e. The van der Waals surface area contributed by atoms with Gasteiger partial charge in [-0.15, -0.1) is 0 Å². The molecule has 0 amide bonds. The zero-order chi connectivity index (χ0) is 15.7. The van der Waals surface area contributed by atoms with Crippen LogP contribution in [0.15, 0.2) is 54.6 Å². The summed E-state index contributed by atoms with van der Waals surface area (Å²) in [6, 6.07) is 17.5. The lowest BCUT2D eigenvalue weighted by molar-refractivity contribution is 0.108. The Morgan fingerprint density at radius 1 is 1.19 bits per heavy atom. The molecule has 0 fully saturated rings. The number of nitrogens with two attached hydrogens (primary N) is 1. The van der Waals surface area contributed by atoms with E-state index in [-0.39, 0.29) is 6.54 Å². The number of aliphatic hydroxyl groups is 1. The van der Waals surface area contributed by atoms with Crippen molar-refractivity contribution in [2.24, 2.45) is 5.73 Å². The molecule has 0 aliphatic rings. The topological polar surface area (TPSA) is 87.1 Å². The van der Waals surface area contributed by atoms with Crippen molar-refractivity contribution in [3.8, 4) is 6.07 Å². The van der Waals surface area contributed by atoms with Crippen LogP contribution in [0.25, 0.3) is 0 Å². The maximum Gasteiger partial charge on any atom is 0.252 e. The molecule has 2 aromatic rings. The predicted molar refractivity (Wildman–Crippen MR) is 81.8 cm³/mol. The molecule has 0 saturated carbocycles. The van der Waals surface area contributed by atoms with E-state index in [0.29, 0.717) is 11.1 Å². The largest absolute Gasteiger partial charge is 0.387 e. The van der Waals surface area contributed by atoms with Gasteiger partial charge in [-0.2, -0.15) is 5.26 Å². The lowest BCUT2D eigenvalue weighted by Gasteiger charge is -2.05. The summed E-state index contributed by atoms with van der Waals surface area (Å²) in [6.45, 7) is 0.282. The van der Waals surface area contributed by atoms with Gasteiger partial charge in [0.25, 0.3) is 5.24 Å². The fourth-order valence-electron chi connectivity index (χ4n) is 1.49. The zero-order valence-electron chi connectivity index (χ0n) is 11.2. The van der Waals surface area contributed by atoms with Crippen LogP contribution < -0.4 is 5.73 Å². The highest BCUT2D eigenvalue weighted by molar-refractivity contribution is 6.67. The normalized spacial score (nSPS) is 10.8. The Labute approximate surface area is 128 Å². The van der Waals surface area contributed by atoms with Crippen molar-refractivity contribution in [1.29, 1.82) is 5.26 Å². The minimum atomic E-state index is -0.513. The van der Waals surface area contributed by atoms with Crippen molar-refractivity contribution >= 4 is 16.8 Å². The van der Waals surface area contributed by atoms with Crippen LogP contribution in [0.5, 0.6) is 0 Å². The van der Waals surface area contributed by atoms with E-state index in [1.54, 1.807) is 12.1 Å². The molecule has 3 N–H and O–H groups in total. The third kappa shape index (κ3) is 5.76. The second-order valence-electron chi connectivity index (χ2n) is 4.13. The number of benzene rings is 2. The summed E-state index contributed by atoms with van der Waals surface area (Å²) in [5, 5.41) is 17.1. The highest BCUT2D eigenvalue weighted by atomic mass is 35.5. The molecule has 1 unspecified atom stereocenters. The van der Waals surface area contributed by atoms with Gasteiger partial charge in [-0.05, 0) is 41.4 Å². The SMILES string of the molecule is N#Cc1ccc(C(=O)Cl)cc1.NCC(O)c1ccccc1. The van der Waals surface area contributed by atoms with Crippen molar-refractivity contribution in [2.75, 3.05) is 6.54 Å². The zero-order valence-corrected chi connectivity index (χ0v) is 12.0. The van der Waals surface area contributed by atoms with Crippen LogP contribution >= 0.6 is 11.6 Å². The van der Waals surface area contributed by atoms with E-state index in [4.69, 9.17) is 22.6 Å². The second kappa shape index (κ2) is 8.88. The maximum atomic E-state index is 10.5. The summed E-state index contributed by atoms with van der Waals surface area (Å²) in [6.07, 6.45) is -0.513. The van der Waals surface area contributed by atoms with Crippen LogP contribution in [0.3, 0.4) is 0 Å². The Kier molecular flexibility index (Phi) is 7.13. The quantitative estimate of drug-likeness (QED) is 0.853. The predicted octanol–water partition coefficient (Wildman–Crippen LogP) is 2.62. The molecular formula is C16H15ClN2O2. The van der Waals surface area contributed by atoms with Crippen LogP contribution in [0.2, 0.25) is 0 Å². The molecule has 1 atom stereocenters. The number of carbonyl (C=O) groups excluding carboxylic acids is 1. The first kappa shape index (κ1) is 16.9. The van der Waals surface area contributed by atoms with Gasteiger partial charge in [-0.3, -0.25) is 4.79 Å². The summed E-state index contributed by atoms with van der Waals surface area (Å²) in [4.78, 5) is 10.5. The fraction of sp³-hybridized carbons (Fsp3) is 0.125. The van der Waals surface area contributed by atoms with Gasteiger partial charge in [0.1, 0.15) is 0 Å². The minimum absolute atomic E-state index is 0.282. The number of aliphatic hydroxyl groups excluding tert-OH is 1.